The number of carbonyl (C=O) groups excluding carboxylic acids is 1. The SMILES string of the molecule is N#Cc1cccc(NC(=O)c2cccnc2Br)c1. The summed E-state index contributed by atoms with van der Waals surface area (Å²) in [6.45, 7) is 0. The number of anilines is 1. The first-order valence-corrected chi connectivity index (χ1v) is 5.92. The van der Waals surface area contributed by atoms with E-state index in [0.29, 0.717) is 21.4 Å². The van der Waals surface area contributed by atoms with Gasteiger partial charge in [0.25, 0.3) is 5.91 Å². The summed E-state index contributed by atoms with van der Waals surface area (Å²) < 4.78 is 0.485. The fraction of sp³-hybridized carbons (Fsp3) is 0. The summed E-state index contributed by atoms with van der Waals surface area (Å²) in [5.74, 6) is -0.273. The molecule has 1 amide bonds. The molecule has 0 spiro atoms. The van der Waals surface area contributed by atoms with E-state index >= 15 is 0 Å². The maximum atomic E-state index is 12.0. The lowest BCUT2D eigenvalue weighted by molar-refractivity contribution is 0.102. The molecule has 2 rings (SSSR count). The van der Waals surface area contributed by atoms with Crippen LogP contribution in [-0.4, -0.2) is 10.9 Å². The summed E-state index contributed by atoms with van der Waals surface area (Å²) in [6.07, 6.45) is 1.59. The van der Waals surface area contributed by atoms with E-state index in [2.05, 4.69) is 26.2 Å². The molecule has 0 bridgehead atoms. The van der Waals surface area contributed by atoms with Crippen molar-refractivity contribution in [1.82, 2.24) is 4.98 Å². The van der Waals surface area contributed by atoms with E-state index in [1.807, 2.05) is 6.07 Å². The highest BCUT2D eigenvalue weighted by Gasteiger charge is 2.10. The van der Waals surface area contributed by atoms with Gasteiger partial charge in [-0.3, -0.25) is 4.79 Å². The van der Waals surface area contributed by atoms with Crippen LogP contribution in [0, 0.1) is 11.3 Å². The van der Waals surface area contributed by atoms with E-state index < -0.39 is 0 Å². The smallest absolute Gasteiger partial charge is 0.258 e. The molecule has 0 saturated heterocycles. The minimum absolute atomic E-state index is 0.273. The lowest BCUT2D eigenvalue weighted by atomic mass is 10.2. The molecule has 0 atom stereocenters. The number of hydrogen-bond acceptors (Lipinski definition) is 3. The lowest BCUT2D eigenvalue weighted by Gasteiger charge is -2.06. The second-order valence-corrected chi connectivity index (χ2v) is 4.24. The summed E-state index contributed by atoms with van der Waals surface area (Å²) >= 11 is 3.21. The van der Waals surface area contributed by atoms with Crippen molar-refractivity contribution in [1.29, 1.82) is 5.26 Å². The summed E-state index contributed by atoms with van der Waals surface area (Å²) in [5.41, 5.74) is 1.52. The fourth-order valence-corrected chi connectivity index (χ4v) is 1.85. The average molecular weight is 302 g/mol. The van der Waals surface area contributed by atoms with E-state index in [9.17, 15) is 4.79 Å². The molecule has 0 radical (unpaired) electrons. The molecule has 0 fully saturated rings. The number of carbonyl (C=O) groups is 1. The monoisotopic (exact) mass is 301 g/mol. The number of aromatic nitrogens is 1. The van der Waals surface area contributed by atoms with Gasteiger partial charge in [0.05, 0.1) is 17.2 Å². The third kappa shape index (κ3) is 2.73. The van der Waals surface area contributed by atoms with Crippen LogP contribution in [0.15, 0.2) is 47.2 Å². The van der Waals surface area contributed by atoms with Crippen molar-refractivity contribution in [3.8, 4) is 6.07 Å². The summed E-state index contributed by atoms with van der Waals surface area (Å²) in [7, 11) is 0. The molecule has 18 heavy (non-hydrogen) atoms. The topological polar surface area (TPSA) is 65.8 Å². The van der Waals surface area contributed by atoms with Crippen molar-refractivity contribution in [2.45, 2.75) is 0 Å². The van der Waals surface area contributed by atoms with E-state index in [1.54, 1.807) is 42.6 Å². The first kappa shape index (κ1) is 12.3. The van der Waals surface area contributed by atoms with Gasteiger partial charge in [0.1, 0.15) is 4.60 Å². The molecule has 0 aliphatic heterocycles. The number of rotatable bonds is 2. The van der Waals surface area contributed by atoms with Crippen molar-refractivity contribution < 1.29 is 4.79 Å². The van der Waals surface area contributed by atoms with Crippen LogP contribution >= 0.6 is 15.9 Å². The quantitative estimate of drug-likeness (QED) is 0.867. The highest BCUT2D eigenvalue weighted by Crippen LogP contribution is 2.16. The second kappa shape index (κ2) is 5.43. The first-order chi connectivity index (χ1) is 8.70. The van der Waals surface area contributed by atoms with Crippen molar-refractivity contribution in [2.24, 2.45) is 0 Å². The van der Waals surface area contributed by atoms with Crippen molar-refractivity contribution in [3.63, 3.8) is 0 Å². The van der Waals surface area contributed by atoms with Crippen LogP contribution in [0.1, 0.15) is 15.9 Å². The van der Waals surface area contributed by atoms with Crippen LogP contribution in [0.25, 0.3) is 0 Å². The van der Waals surface area contributed by atoms with Gasteiger partial charge >= 0.3 is 0 Å². The maximum Gasteiger partial charge on any atom is 0.258 e. The van der Waals surface area contributed by atoms with Crippen LogP contribution in [0.5, 0.6) is 0 Å². The number of amides is 1. The number of nitrogens with one attached hydrogen (secondary N) is 1. The predicted octanol–water partition coefficient (Wildman–Crippen LogP) is 2.97. The largest absolute Gasteiger partial charge is 0.322 e. The Morgan fingerprint density at radius 3 is 2.89 bits per heavy atom. The van der Waals surface area contributed by atoms with Crippen LogP contribution in [0.2, 0.25) is 0 Å². The van der Waals surface area contributed by atoms with Gasteiger partial charge in [0, 0.05) is 11.9 Å². The van der Waals surface area contributed by atoms with Crippen molar-refractivity contribution >= 4 is 27.5 Å². The van der Waals surface area contributed by atoms with E-state index in [4.69, 9.17) is 5.26 Å². The van der Waals surface area contributed by atoms with Crippen molar-refractivity contribution in [3.05, 3.63) is 58.3 Å². The van der Waals surface area contributed by atoms with E-state index in [-0.39, 0.29) is 5.91 Å². The number of nitriles is 1. The predicted molar refractivity (Wildman–Crippen MR) is 71.0 cm³/mol. The van der Waals surface area contributed by atoms with Gasteiger partial charge in [0.15, 0.2) is 0 Å². The summed E-state index contributed by atoms with van der Waals surface area (Å²) in [5, 5.41) is 11.5. The zero-order valence-electron chi connectivity index (χ0n) is 9.22. The molecule has 5 heteroatoms. The highest BCUT2D eigenvalue weighted by molar-refractivity contribution is 9.10. The normalized spacial score (nSPS) is 9.56. The van der Waals surface area contributed by atoms with Gasteiger partial charge in [0.2, 0.25) is 0 Å². The Labute approximate surface area is 112 Å². The Bertz CT molecular complexity index is 634. The Morgan fingerprint density at radius 2 is 2.17 bits per heavy atom. The number of nitrogens with zero attached hydrogens (tertiary/aromatic N) is 2. The zero-order valence-corrected chi connectivity index (χ0v) is 10.8. The van der Waals surface area contributed by atoms with E-state index in [0.717, 1.165) is 0 Å². The number of halogens is 1. The lowest BCUT2D eigenvalue weighted by Crippen LogP contribution is -2.13. The number of benzene rings is 1. The Kier molecular flexibility index (Phi) is 3.70. The maximum absolute atomic E-state index is 12.0. The van der Waals surface area contributed by atoms with Gasteiger partial charge in [-0.2, -0.15) is 5.26 Å². The molecule has 1 aromatic carbocycles. The van der Waals surface area contributed by atoms with Gasteiger partial charge in [-0.25, -0.2) is 4.98 Å². The summed E-state index contributed by atoms with van der Waals surface area (Å²) in [4.78, 5) is 15.9. The molecular weight excluding hydrogens is 294 g/mol. The molecular formula is C13H8BrN3O. The molecule has 2 aromatic rings. The molecule has 0 aliphatic rings. The second-order valence-electron chi connectivity index (χ2n) is 3.49. The van der Waals surface area contributed by atoms with Crippen LogP contribution < -0.4 is 5.32 Å². The molecule has 0 saturated carbocycles. The Morgan fingerprint density at radius 1 is 1.33 bits per heavy atom. The van der Waals surface area contributed by atoms with Crippen LogP contribution in [0.3, 0.4) is 0 Å². The van der Waals surface area contributed by atoms with Gasteiger partial charge in [-0.15, -0.1) is 0 Å². The third-order valence-electron chi connectivity index (χ3n) is 2.25. The number of pyridine rings is 1. The minimum atomic E-state index is -0.273. The Hall–Kier alpha value is -2.19. The van der Waals surface area contributed by atoms with Crippen LogP contribution in [-0.2, 0) is 0 Å². The molecule has 1 aromatic heterocycles. The summed E-state index contributed by atoms with van der Waals surface area (Å²) in [6, 6.07) is 12.1. The minimum Gasteiger partial charge on any atom is -0.322 e. The molecule has 0 unspecified atom stereocenters. The van der Waals surface area contributed by atoms with Gasteiger partial charge < -0.3 is 5.32 Å². The standard InChI is InChI=1S/C13H8BrN3O/c14-12-11(5-2-6-16-12)13(18)17-10-4-1-3-9(7-10)8-15/h1-7H,(H,17,18). The highest BCUT2D eigenvalue weighted by atomic mass is 79.9. The Balaban J connectivity index is 2.22. The average Bonchev–Trinajstić information content (AvgIpc) is 2.39. The van der Waals surface area contributed by atoms with Crippen LogP contribution in [0.4, 0.5) is 5.69 Å². The zero-order chi connectivity index (χ0) is 13.0. The molecule has 1 N–H and O–H groups in total. The first-order valence-electron chi connectivity index (χ1n) is 5.13. The molecule has 0 aliphatic carbocycles. The van der Waals surface area contributed by atoms with Gasteiger partial charge in [-0.1, -0.05) is 6.07 Å². The van der Waals surface area contributed by atoms with E-state index in [1.165, 1.54) is 0 Å². The molecule has 4 nitrogen and oxygen atoms in total. The van der Waals surface area contributed by atoms with Gasteiger partial charge in [-0.05, 0) is 46.3 Å². The number of hydrogen-bond donors (Lipinski definition) is 1. The third-order valence-corrected chi connectivity index (χ3v) is 2.89. The van der Waals surface area contributed by atoms with Crippen molar-refractivity contribution in [2.75, 3.05) is 5.32 Å². The fourth-order valence-electron chi connectivity index (χ4n) is 1.42. The molecule has 1 heterocycles. The molecule has 88 valence electrons.